The monoisotopic (exact) mass is 281 g/mol. The molecule has 0 aromatic heterocycles. The van der Waals surface area contributed by atoms with Crippen LogP contribution in [0.15, 0.2) is 0 Å². The molecule has 0 bridgehead atoms. The molecule has 0 amide bonds. The van der Waals surface area contributed by atoms with Crippen LogP contribution in [0.5, 0.6) is 0 Å². The Morgan fingerprint density at radius 3 is 2.55 bits per heavy atom. The Morgan fingerprint density at radius 1 is 1.20 bits per heavy atom. The molecule has 0 spiro atoms. The van der Waals surface area contributed by atoms with Crippen LogP contribution in [0.1, 0.15) is 72.1 Å². The van der Waals surface area contributed by atoms with Crippen molar-refractivity contribution in [3.05, 3.63) is 0 Å². The van der Waals surface area contributed by atoms with E-state index in [1.807, 2.05) is 0 Å². The molecular formula is C17H31NO2. The molecule has 20 heavy (non-hydrogen) atoms. The van der Waals surface area contributed by atoms with Gasteiger partial charge in [-0.05, 0) is 51.4 Å². The SMILES string of the molecule is CCCC1CCC(C(=O)O)C(N2C(C)CCC2CC)C1. The average molecular weight is 281 g/mol. The number of carbonyl (C=O) groups is 1. The predicted molar refractivity (Wildman–Crippen MR) is 81.8 cm³/mol. The molecule has 5 unspecified atom stereocenters. The molecule has 1 saturated heterocycles. The molecule has 0 aromatic carbocycles. The highest BCUT2D eigenvalue weighted by Crippen LogP contribution is 2.40. The molecule has 1 aliphatic heterocycles. The Bertz CT molecular complexity index is 331. The van der Waals surface area contributed by atoms with E-state index in [1.54, 1.807) is 0 Å². The van der Waals surface area contributed by atoms with Crippen LogP contribution in [0.3, 0.4) is 0 Å². The maximum Gasteiger partial charge on any atom is 0.308 e. The molecule has 0 radical (unpaired) electrons. The van der Waals surface area contributed by atoms with Crippen molar-refractivity contribution in [1.29, 1.82) is 0 Å². The van der Waals surface area contributed by atoms with E-state index in [-0.39, 0.29) is 12.0 Å². The first kappa shape index (κ1) is 15.8. The van der Waals surface area contributed by atoms with Gasteiger partial charge in [-0.2, -0.15) is 0 Å². The normalized spacial score (nSPS) is 39.0. The summed E-state index contributed by atoms with van der Waals surface area (Å²) < 4.78 is 0. The van der Waals surface area contributed by atoms with Crippen LogP contribution < -0.4 is 0 Å². The number of rotatable bonds is 5. The summed E-state index contributed by atoms with van der Waals surface area (Å²) in [6.07, 6.45) is 9.23. The summed E-state index contributed by atoms with van der Waals surface area (Å²) in [4.78, 5) is 14.2. The van der Waals surface area contributed by atoms with Gasteiger partial charge < -0.3 is 5.11 Å². The third-order valence-corrected chi connectivity index (χ3v) is 5.64. The van der Waals surface area contributed by atoms with Gasteiger partial charge in [0.15, 0.2) is 0 Å². The molecule has 1 heterocycles. The molecule has 3 heteroatoms. The van der Waals surface area contributed by atoms with Gasteiger partial charge >= 0.3 is 5.97 Å². The van der Waals surface area contributed by atoms with Crippen molar-refractivity contribution in [2.75, 3.05) is 0 Å². The minimum absolute atomic E-state index is 0.141. The second-order valence-corrected chi connectivity index (χ2v) is 6.92. The van der Waals surface area contributed by atoms with Crippen molar-refractivity contribution in [2.24, 2.45) is 11.8 Å². The lowest BCUT2D eigenvalue weighted by Crippen LogP contribution is -2.51. The summed E-state index contributed by atoms with van der Waals surface area (Å²) in [6.45, 7) is 6.78. The summed E-state index contributed by atoms with van der Waals surface area (Å²) in [5.74, 6) is 0.0301. The number of carboxylic acid groups (broad SMARTS) is 1. The highest BCUT2D eigenvalue weighted by molar-refractivity contribution is 5.71. The fraction of sp³-hybridized carbons (Fsp3) is 0.941. The van der Waals surface area contributed by atoms with Crippen LogP contribution in [-0.4, -0.2) is 34.1 Å². The summed E-state index contributed by atoms with van der Waals surface area (Å²) >= 11 is 0. The minimum atomic E-state index is -0.570. The average Bonchev–Trinajstić information content (AvgIpc) is 2.79. The van der Waals surface area contributed by atoms with Gasteiger partial charge in [-0.15, -0.1) is 0 Å². The first-order valence-corrected chi connectivity index (χ1v) is 8.58. The molecule has 2 fully saturated rings. The van der Waals surface area contributed by atoms with Crippen molar-refractivity contribution in [2.45, 2.75) is 90.3 Å². The van der Waals surface area contributed by atoms with Gasteiger partial charge in [0.2, 0.25) is 0 Å². The van der Waals surface area contributed by atoms with Crippen molar-refractivity contribution >= 4 is 5.97 Å². The molecular weight excluding hydrogens is 250 g/mol. The lowest BCUT2D eigenvalue weighted by molar-refractivity contribution is -0.147. The number of likely N-dealkylation sites (tertiary alicyclic amines) is 1. The standard InChI is InChI=1S/C17H31NO2/c1-4-6-13-8-10-15(17(19)20)16(11-13)18-12(3)7-9-14(18)5-2/h12-16H,4-11H2,1-3H3,(H,19,20). The summed E-state index contributed by atoms with van der Waals surface area (Å²) in [5, 5.41) is 9.60. The zero-order valence-electron chi connectivity index (χ0n) is 13.3. The van der Waals surface area contributed by atoms with E-state index >= 15 is 0 Å². The van der Waals surface area contributed by atoms with Gasteiger partial charge in [-0.25, -0.2) is 0 Å². The first-order valence-electron chi connectivity index (χ1n) is 8.58. The smallest absolute Gasteiger partial charge is 0.308 e. The number of carboxylic acids is 1. The van der Waals surface area contributed by atoms with Crippen molar-refractivity contribution in [3.8, 4) is 0 Å². The number of hydrogen-bond donors (Lipinski definition) is 1. The predicted octanol–water partition coefficient (Wildman–Crippen LogP) is 3.92. The molecule has 1 N–H and O–H groups in total. The van der Waals surface area contributed by atoms with E-state index in [9.17, 15) is 9.90 Å². The number of aliphatic carboxylic acids is 1. The number of nitrogens with zero attached hydrogens (tertiary/aromatic N) is 1. The fourth-order valence-electron chi connectivity index (χ4n) is 4.62. The molecule has 2 aliphatic rings. The molecule has 2 rings (SSSR count). The van der Waals surface area contributed by atoms with E-state index in [2.05, 4.69) is 25.7 Å². The van der Waals surface area contributed by atoms with E-state index in [0.717, 1.165) is 31.6 Å². The van der Waals surface area contributed by atoms with Crippen LogP contribution in [0.2, 0.25) is 0 Å². The first-order chi connectivity index (χ1) is 9.58. The highest BCUT2D eigenvalue weighted by Gasteiger charge is 2.43. The van der Waals surface area contributed by atoms with Gasteiger partial charge in [-0.1, -0.05) is 26.7 Å². The van der Waals surface area contributed by atoms with Crippen molar-refractivity contribution in [3.63, 3.8) is 0 Å². The van der Waals surface area contributed by atoms with Gasteiger partial charge in [-0.3, -0.25) is 9.69 Å². The minimum Gasteiger partial charge on any atom is -0.481 e. The molecule has 3 nitrogen and oxygen atoms in total. The van der Waals surface area contributed by atoms with E-state index in [1.165, 1.54) is 25.7 Å². The fourth-order valence-corrected chi connectivity index (χ4v) is 4.62. The lowest BCUT2D eigenvalue weighted by atomic mass is 9.75. The van der Waals surface area contributed by atoms with E-state index in [4.69, 9.17) is 0 Å². The van der Waals surface area contributed by atoms with Gasteiger partial charge in [0.1, 0.15) is 0 Å². The third kappa shape index (κ3) is 3.19. The van der Waals surface area contributed by atoms with Crippen LogP contribution >= 0.6 is 0 Å². The molecule has 5 atom stereocenters. The van der Waals surface area contributed by atoms with Crippen LogP contribution in [0, 0.1) is 11.8 Å². The lowest BCUT2D eigenvalue weighted by Gasteiger charge is -2.44. The summed E-state index contributed by atoms with van der Waals surface area (Å²) in [6, 6.07) is 1.45. The molecule has 1 aliphatic carbocycles. The zero-order valence-corrected chi connectivity index (χ0v) is 13.3. The number of hydrogen-bond acceptors (Lipinski definition) is 2. The zero-order chi connectivity index (χ0) is 14.7. The Hall–Kier alpha value is -0.570. The molecule has 116 valence electrons. The summed E-state index contributed by atoms with van der Waals surface area (Å²) in [7, 11) is 0. The van der Waals surface area contributed by atoms with Crippen LogP contribution in [0.25, 0.3) is 0 Å². The maximum atomic E-state index is 11.7. The van der Waals surface area contributed by atoms with E-state index < -0.39 is 5.97 Å². The largest absolute Gasteiger partial charge is 0.481 e. The van der Waals surface area contributed by atoms with Crippen LogP contribution in [-0.2, 0) is 4.79 Å². The molecule has 0 aromatic rings. The Kier molecular flexibility index (Phi) is 5.48. The van der Waals surface area contributed by atoms with Gasteiger partial charge in [0, 0.05) is 18.1 Å². The summed E-state index contributed by atoms with van der Waals surface area (Å²) in [5.41, 5.74) is 0. The van der Waals surface area contributed by atoms with E-state index in [0.29, 0.717) is 12.1 Å². The Labute approximate surface area is 123 Å². The quantitative estimate of drug-likeness (QED) is 0.830. The maximum absolute atomic E-state index is 11.7. The second kappa shape index (κ2) is 6.93. The van der Waals surface area contributed by atoms with Gasteiger partial charge in [0.05, 0.1) is 5.92 Å². The van der Waals surface area contributed by atoms with Crippen molar-refractivity contribution in [1.82, 2.24) is 4.90 Å². The van der Waals surface area contributed by atoms with Crippen molar-refractivity contribution < 1.29 is 9.90 Å². The molecule has 1 saturated carbocycles. The second-order valence-electron chi connectivity index (χ2n) is 6.92. The Morgan fingerprint density at radius 2 is 1.95 bits per heavy atom. The van der Waals surface area contributed by atoms with Crippen LogP contribution in [0.4, 0.5) is 0 Å². The highest BCUT2D eigenvalue weighted by atomic mass is 16.4. The topological polar surface area (TPSA) is 40.5 Å². The van der Waals surface area contributed by atoms with Gasteiger partial charge in [0.25, 0.3) is 0 Å². The third-order valence-electron chi connectivity index (χ3n) is 5.64. The Balaban J connectivity index is 2.15.